The van der Waals surface area contributed by atoms with Crippen LogP contribution in [0.25, 0.3) is 0 Å². The summed E-state index contributed by atoms with van der Waals surface area (Å²) in [5, 5.41) is 0. The first-order valence-electron chi connectivity index (χ1n) is 7.17. The molecule has 0 bridgehead atoms. The maximum atomic E-state index is 3.66. The van der Waals surface area contributed by atoms with Crippen molar-refractivity contribution in [3.05, 3.63) is 72.7 Å². The molecule has 0 rings (SSSR count). The third-order valence-electron chi connectivity index (χ3n) is 2.04. The molecule has 0 N–H and O–H groups in total. The molecule has 0 fully saturated rings. The molecule has 1 heteroatoms. The van der Waals surface area contributed by atoms with Crippen LogP contribution in [0.1, 0.15) is 41.5 Å². The number of allylic oxidation sites excluding steroid dienone is 10. The standard InChI is InChI=1S/C14H19B.2C2H6/c1-5-9-11-13(7-3)15-14(8-4)12-10-6-2;2*1-2/h5-12,15H,1-2H2,3-4H3;2*1-2H3/b11-9-,12-10-,13-7+,14-8+;;. The Kier molecular flexibility index (Phi) is 26.0. The Hall–Kier alpha value is -1.50. The van der Waals surface area contributed by atoms with Crippen molar-refractivity contribution in [1.82, 2.24) is 0 Å². The van der Waals surface area contributed by atoms with Crippen molar-refractivity contribution < 1.29 is 0 Å². The van der Waals surface area contributed by atoms with Crippen LogP contribution in [0.3, 0.4) is 0 Å². The molecule has 0 aliphatic carbocycles. The fourth-order valence-electron chi connectivity index (χ4n) is 1.13. The minimum Gasteiger partial charge on any atom is -0.0991 e. The first-order chi connectivity index (χ1) is 9.28. The van der Waals surface area contributed by atoms with E-state index < -0.39 is 0 Å². The zero-order valence-electron chi connectivity index (χ0n) is 13.7. The lowest BCUT2D eigenvalue weighted by atomic mass is 9.62. The Bertz CT molecular complexity index is 283. The Labute approximate surface area is 122 Å². The van der Waals surface area contributed by atoms with Gasteiger partial charge in [-0.1, -0.05) is 100 Å². The Morgan fingerprint density at radius 3 is 1.26 bits per heavy atom. The molecule has 0 unspecified atom stereocenters. The average molecular weight is 258 g/mol. The van der Waals surface area contributed by atoms with Gasteiger partial charge < -0.3 is 0 Å². The van der Waals surface area contributed by atoms with E-state index in [9.17, 15) is 0 Å². The van der Waals surface area contributed by atoms with E-state index in [2.05, 4.69) is 37.5 Å². The van der Waals surface area contributed by atoms with Crippen molar-refractivity contribution in [2.45, 2.75) is 41.5 Å². The minimum atomic E-state index is 0.946. The third kappa shape index (κ3) is 16.5. The molecular formula is C18H31B. The normalized spacial score (nSPS) is 11.3. The number of hydrogen-bond donors (Lipinski definition) is 0. The van der Waals surface area contributed by atoms with Crippen LogP contribution < -0.4 is 0 Å². The summed E-state index contributed by atoms with van der Waals surface area (Å²) in [6.45, 7) is 19.4. The van der Waals surface area contributed by atoms with Gasteiger partial charge in [0, 0.05) is 0 Å². The topological polar surface area (TPSA) is 0 Å². The fraction of sp³-hybridized carbons (Fsp3) is 0.333. The van der Waals surface area contributed by atoms with E-state index in [0.29, 0.717) is 0 Å². The van der Waals surface area contributed by atoms with Crippen molar-refractivity contribution in [1.29, 1.82) is 0 Å². The van der Waals surface area contributed by atoms with E-state index in [4.69, 9.17) is 0 Å². The van der Waals surface area contributed by atoms with Gasteiger partial charge in [-0.15, -0.1) is 0 Å². The molecule has 19 heavy (non-hydrogen) atoms. The molecule has 0 spiro atoms. The highest BCUT2D eigenvalue weighted by molar-refractivity contribution is 6.55. The van der Waals surface area contributed by atoms with Crippen LogP contribution in [-0.4, -0.2) is 7.28 Å². The monoisotopic (exact) mass is 258 g/mol. The highest BCUT2D eigenvalue weighted by Gasteiger charge is 1.97. The van der Waals surface area contributed by atoms with Gasteiger partial charge in [0.1, 0.15) is 0 Å². The predicted octanol–water partition coefficient (Wildman–Crippen LogP) is 5.77. The van der Waals surface area contributed by atoms with Crippen LogP contribution in [-0.2, 0) is 0 Å². The van der Waals surface area contributed by atoms with E-state index in [1.165, 1.54) is 10.9 Å². The molecule has 0 saturated heterocycles. The number of hydrogen-bond acceptors (Lipinski definition) is 0. The lowest BCUT2D eigenvalue weighted by Gasteiger charge is -2.00. The van der Waals surface area contributed by atoms with E-state index in [1.807, 2.05) is 53.7 Å². The predicted molar refractivity (Wildman–Crippen MR) is 96.0 cm³/mol. The van der Waals surface area contributed by atoms with Crippen molar-refractivity contribution in [3.63, 3.8) is 0 Å². The Morgan fingerprint density at radius 2 is 1.05 bits per heavy atom. The quantitative estimate of drug-likeness (QED) is 0.419. The summed E-state index contributed by atoms with van der Waals surface area (Å²) >= 11 is 0. The summed E-state index contributed by atoms with van der Waals surface area (Å²) in [7, 11) is 0.946. The second-order valence-electron chi connectivity index (χ2n) is 3.09. The molecule has 106 valence electrons. The molecule has 0 aliphatic heterocycles. The molecular weight excluding hydrogens is 227 g/mol. The minimum absolute atomic E-state index is 0.946. The number of rotatable bonds is 6. The zero-order valence-corrected chi connectivity index (χ0v) is 13.7. The lowest BCUT2D eigenvalue weighted by Crippen LogP contribution is -1.96. The van der Waals surface area contributed by atoms with Crippen molar-refractivity contribution >= 4 is 7.28 Å². The third-order valence-corrected chi connectivity index (χ3v) is 2.04. The first kappa shape index (κ1) is 22.7. The van der Waals surface area contributed by atoms with Gasteiger partial charge in [-0.05, 0) is 13.8 Å². The van der Waals surface area contributed by atoms with Crippen LogP contribution in [0, 0.1) is 0 Å². The molecule has 0 heterocycles. The molecule has 0 radical (unpaired) electrons. The van der Waals surface area contributed by atoms with E-state index >= 15 is 0 Å². The summed E-state index contributed by atoms with van der Waals surface area (Å²) in [5.41, 5.74) is 2.58. The summed E-state index contributed by atoms with van der Waals surface area (Å²) in [6.07, 6.45) is 15.9. The van der Waals surface area contributed by atoms with Crippen LogP contribution in [0.4, 0.5) is 0 Å². The van der Waals surface area contributed by atoms with Gasteiger partial charge >= 0.3 is 0 Å². The first-order valence-corrected chi connectivity index (χ1v) is 7.17. The molecule has 0 atom stereocenters. The maximum Gasteiger partial charge on any atom is 0.191 e. The van der Waals surface area contributed by atoms with Crippen LogP contribution in [0.2, 0.25) is 0 Å². The highest BCUT2D eigenvalue weighted by Crippen LogP contribution is 2.04. The Morgan fingerprint density at radius 1 is 0.737 bits per heavy atom. The van der Waals surface area contributed by atoms with Gasteiger partial charge in [0.05, 0.1) is 0 Å². The van der Waals surface area contributed by atoms with Gasteiger partial charge in [0.2, 0.25) is 0 Å². The van der Waals surface area contributed by atoms with Crippen molar-refractivity contribution in [2.24, 2.45) is 0 Å². The van der Waals surface area contributed by atoms with Crippen molar-refractivity contribution in [3.8, 4) is 0 Å². The summed E-state index contributed by atoms with van der Waals surface area (Å²) in [5.74, 6) is 0. The van der Waals surface area contributed by atoms with Gasteiger partial charge in [-0.2, -0.15) is 0 Å². The lowest BCUT2D eigenvalue weighted by molar-refractivity contribution is 1.50. The van der Waals surface area contributed by atoms with E-state index in [1.54, 1.807) is 12.2 Å². The summed E-state index contributed by atoms with van der Waals surface area (Å²) in [6, 6.07) is 0. The summed E-state index contributed by atoms with van der Waals surface area (Å²) < 4.78 is 0. The van der Waals surface area contributed by atoms with Crippen LogP contribution in [0.5, 0.6) is 0 Å². The SMILES string of the molecule is C=C/C=C\C(BC(/C=C\C=C)=C/C)=C/C.CC.CC. The molecule has 0 aromatic carbocycles. The molecule has 0 aromatic rings. The van der Waals surface area contributed by atoms with Crippen LogP contribution in [0.15, 0.2) is 72.7 Å². The molecule has 0 nitrogen and oxygen atoms in total. The van der Waals surface area contributed by atoms with Gasteiger partial charge in [0.25, 0.3) is 0 Å². The summed E-state index contributed by atoms with van der Waals surface area (Å²) in [4.78, 5) is 0. The van der Waals surface area contributed by atoms with Gasteiger partial charge in [-0.3, -0.25) is 0 Å². The zero-order chi connectivity index (χ0) is 15.5. The van der Waals surface area contributed by atoms with E-state index in [0.717, 1.165) is 7.28 Å². The molecule has 0 aliphatic rings. The van der Waals surface area contributed by atoms with Crippen molar-refractivity contribution in [2.75, 3.05) is 0 Å². The molecule has 0 amide bonds. The average Bonchev–Trinajstić information content (AvgIpc) is 2.50. The van der Waals surface area contributed by atoms with Gasteiger partial charge in [0.15, 0.2) is 7.28 Å². The smallest absolute Gasteiger partial charge is 0.0991 e. The van der Waals surface area contributed by atoms with E-state index in [-0.39, 0.29) is 0 Å². The second-order valence-corrected chi connectivity index (χ2v) is 3.09. The second kappa shape index (κ2) is 21.8. The largest absolute Gasteiger partial charge is 0.191 e. The Balaban J connectivity index is -0.000000579. The van der Waals surface area contributed by atoms with Gasteiger partial charge in [-0.25, -0.2) is 0 Å². The fourth-order valence-corrected chi connectivity index (χ4v) is 1.13. The highest BCUT2D eigenvalue weighted by atomic mass is 13.8. The molecule has 0 saturated carbocycles. The molecule has 0 aromatic heterocycles. The maximum absolute atomic E-state index is 3.66. The van der Waals surface area contributed by atoms with Crippen LogP contribution >= 0.6 is 0 Å².